The highest BCUT2D eigenvalue weighted by Crippen LogP contribution is 2.37. The summed E-state index contributed by atoms with van der Waals surface area (Å²) in [5.74, 6) is -0.0201. The maximum atomic E-state index is 13.4. The number of alkyl halides is 3. The Morgan fingerprint density at radius 1 is 1.14 bits per heavy atom. The van der Waals surface area contributed by atoms with E-state index in [4.69, 9.17) is 22.2 Å². The van der Waals surface area contributed by atoms with Gasteiger partial charge in [0.2, 0.25) is 0 Å². The number of hydrogen-bond donors (Lipinski definition) is 0. The molecule has 0 aromatic heterocycles. The van der Waals surface area contributed by atoms with Gasteiger partial charge in [-0.05, 0) is 75.0 Å². The van der Waals surface area contributed by atoms with Crippen LogP contribution in [0, 0.1) is 11.3 Å². The molecule has 35 heavy (non-hydrogen) atoms. The Labute approximate surface area is 206 Å². The molecule has 1 aliphatic rings. The Morgan fingerprint density at radius 2 is 1.77 bits per heavy atom. The van der Waals surface area contributed by atoms with Crippen molar-refractivity contribution in [2.45, 2.75) is 36.9 Å². The van der Waals surface area contributed by atoms with E-state index in [0.29, 0.717) is 12.2 Å². The molecule has 0 aliphatic carbocycles. The maximum absolute atomic E-state index is 13.4. The molecule has 0 spiro atoms. The number of carbonyl (C=O) groups excluding carboxylic acids is 1. The number of benzene rings is 2. The predicted molar refractivity (Wildman–Crippen MR) is 127 cm³/mol. The van der Waals surface area contributed by atoms with E-state index in [2.05, 4.69) is 0 Å². The topological polar surface area (TPSA) is 90.7 Å². The van der Waals surface area contributed by atoms with Crippen molar-refractivity contribution in [2.24, 2.45) is 0 Å². The van der Waals surface area contributed by atoms with Crippen LogP contribution in [0.1, 0.15) is 31.4 Å². The molecule has 0 saturated carbocycles. The van der Waals surface area contributed by atoms with E-state index in [0.717, 1.165) is 23.3 Å². The summed E-state index contributed by atoms with van der Waals surface area (Å²) in [5.41, 5.74) is -2.86. The number of halogens is 3. The minimum Gasteiger partial charge on any atom is -0.494 e. The van der Waals surface area contributed by atoms with Gasteiger partial charge in [-0.15, -0.1) is 0 Å². The SMILES string of the molecule is CC1(C)C(=O)N(c2ccc(C#N)c(C(F)(F)F)c2)C(=S)N1CCCOc1ccc(S(C)(=O)=O)cc1. The molecule has 0 unspecified atom stereocenters. The van der Waals surface area contributed by atoms with Gasteiger partial charge in [-0.2, -0.15) is 18.4 Å². The maximum Gasteiger partial charge on any atom is 0.417 e. The number of ether oxygens (including phenoxy) is 1. The number of anilines is 1. The molecule has 1 amide bonds. The minimum atomic E-state index is -4.77. The minimum absolute atomic E-state index is 0.0512. The highest BCUT2D eigenvalue weighted by molar-refractivity contribution is 7.90. The zero-order valence-corrected chi connectivity index (χ0v) is 20.7. The van der Waals surface area contributed by atoms with Crippen LogP contribution in [0.5, 0.6) is 5.75 Å². The van der Waals surface area contributed by atoms with Gasteiger partial charge in [0.15, 0.2) is 14.9 Å². The third-order valence-corrected chi connectivity index (χ3v) is 7.09. The molecule has 1 aliphatic heterocycles. The molecule has 1 heterocycles. The normalized spacial score (nSPS) is 15.9. The molecule has 0 radical (unpaired) electrons. The molecule has 2 aromatic carbocycles. The summed E-state index contributed by atoms with van der Waals surface area (Å²) in [6.07, 6.45) is -3.23. The van der Waals surface area contributed by atoms with Crippen LogP contribution < -0.4 is 9.64 Å². The fourth-order valence-corrected chi connectivity index (χ4v) is 4.78. The van der Waals surface area contributed by atoms with Crippen molar-refractivity contribution in [3.63, 3.8) is 0 Å². The van der Waals surface area contributed by atoms with E-state index in [-0.39, 0.29) is 28.8 Å². The van der Waals surface area contributed by atoms with Gasteiger partial charge in [0, 0.05) is 12.8 Å². The fourth-order valence-electron chi connectivity index (χ4n) is 3.64. The van der Waals surface area contributed by atoms with Gasteiger partial charge in [-0.25, -0.2) is 8.42 Å². The van der Waals surface area contributed by atoms with Crippen LogP contribution in [-0.2, 0) is 20.8 Å². The van der Waals surface area contributed by atoms with E-state index in [1.54, 1.807) is 18.7 Å². The van der Waals surface area contributed by atoms with E-state index in [1.165, 1.54) is 36.4 Å². The van der Waals surface area contributed by atoms with Crippen LogP contribution in [0.3, 0.4) is 0 Å². The highest BCUT2D eigenvalue weighted by atomic mass is 32.2. The van der Waals surface area contributed by atoms with Crippen molar-refractivity contribution in [2.75, 3.05) is 24.3 Å². The summed E-state index contributed by atoms with van der Waals surface area (Å²) < 4.78 is 68.9. The molecule has 0 atom stereocenters. The second kappa shape index (κ2) is 9.47. The van der Waals surface area contributed by atoms with Crippen molar-refractivity contribution < 1.29 is 31.1 Å². The lowest BCUT2D eigenvalue weighted by Crippen LogP contribution is -2.44. The fraction of sp³-hybridized carbons (Fsp3) is 0.348. The van der Waals surface area contributed by atoms with Crippen molar-refractivity contribution >= 4 is 38.8 Å². The number of nitriles is 1. The summed E-state index contributed by atoms with van der Waals surface area (Å²) in [5, 5.41) is 9.07. The average molecular weight is 526 g/mol. The van der Waals surface area contributed by atoms with Crippen molar-refractivity contribution in [1.82, 2.24) is 4.90 Å². The third kappa shape index (κ3) is 5.41. The molecule has 0 N–H and O–H groups in total. The number of hydrogen-bond acceptors (Lipinski definition) is 6. The molecule has 186 valence electrons. The zero-order chi connectivity index (χ0) is 26.2. The lowest BCUT2D eigenvalue weighted by atomic mass is 10.0. The Hall–Kier alpha value is -3.17. The van der Waals surface area contributed by atoms with E-state index < -0.39 is 38.6 Å². The first kappa shape index (κ1) is 26.4. The number of thiocarbonyl (C=S) groups is 1. The summed E-state index contributed by atoms with van der Waals surface area (Å²) in [6, 6.07) is 10.5. The van der Waals surface area contributed by atoms with Crippen LogP contribution in [0.2, 0.25) is 0 Å². The van der Waals surface area contributed by atoms with Crippen LogP contribution >= 0.6 is 12.2 Å². The smallest absolute Gasteiger partial charge is 0.417 e. The first-order valence-corrected chi connectivity index (χ1v) is 12.7. The summed E-state index contributed by atoms with van der Waals surface area (Å²) in [4.78, 5) is 15.9. The molecule has 0 bridgehead atoms. The summed E-state index contributed by atoms with van der Waals surface area (Å²) in [7, 11) is -3.31. The van der Waals surface area contributed by atoms with E-state index in [1.807, 2.05) is 0 Å². The quantitative estimate of drug-likeness (QED) is 0.396. The standard InChI is InChI=1S/C23H22F3N3O4S2/c1-22(2)20(30)29(16-6-5-15(14-27)19(13-16)23(24,25)26)21(34)28(22)11-4-12-33-17-7-9-18(10-8-17)35(3,31)32/h5-10,13H,4,11-12H2,1-3H3. The van der Waals surface area contributed by atoms with Gasteiger partial charge < -0.3 is 9.64 Å². The van der Waals surface area contributed by atoms with Crippen LogP contribution in [0.25, 0.3) is 0 Å². The molecular formula is C23H22F3N3O4S2. The van der Waals surface area contributed by atoms with Crippen LogP contribution in [-0.4, -0.2) is 49.3 Å². The Balaban J connectivity index is 1.72. The van der Waals surface area contributed by atoms with Crippen molar-refractivity contribution in [1.29, 1.82) is 5.26 Å². The van der Waals surface area contributed by atoms with Gasteiger partial charge in [-0.1, -0.05) is 0 Å². The number of sulfone groups is 1. The molecule has 1 fully saturated rings. The Morgan fingerprint density at radius 3 is 2.31 bits per heavy atom. The van der Waals surface area contributed by atoms with E-state index in [9.17, 15) is 26.4 Å². The first-order valence-electron chi connectivity index (χ1n) is 10.4. The van der Waals surface area contributed by atoms with Gasteiger partial charge in [-0.3, -0.25) is 9.69 Å². The van der Waals surface area contributed by atoms with Gasteiger partial charge >= 0.3 is 6.18 Å². The average Bonchev–Trinajstić information content (AvgIpc) is 2.94. The van der Waals surface area contributed by atoms with Crippen molar-refractivity contribution in [3.8, 4) is 11.8 Å². The molecular weight excluding hydrogens is 503 g/mol. The highest BCUT2D eigenvalue weighted by Gasteiger charge is 2.49. The van der Waals surface area contributed by atoms with Gasteiger partial charge in [0.1, 0.15) is 11.3 Å². The Kier molecular flexibility index (Phi) is 7.15. The third-order valence-electron chi connectivity index (χ3n) is 5.56. The number of nitrogens with zero attached hydrogens (tertiary/aromatic N) is 3. The first-order chi connectivity index (χ1) is 16.2. The lowest BCUT2D eigenvalue weighted by Gasteiger charge is -2.29. The van der Waals surface area contributed by atoms with Gasteiger partial charge in [0.05, 0.1) is 34.4 Å². The van der Waals surface area contributed by atoms with E-state index >= 15 is 0 Å². The second-order valence-corrected chi connectivity index (χ2v) is 10.8. The monoisotopic (exact) mass is 525 g/mol. The molecule has 3 rings (SSSR count). The second-order valence-electron chi connectivity index (χ2n) is 8.42. The summed E-state index contributed by atoms with van der Waals surface area (Å²) in [6.45, 7) is 3.77. The Bertz CT molecular complexity index is 1300. The molecule has 12 heteroatoms. The molecule has 2 aromatic rings. The van der Waals surface area contributed by atoms with Gasteiger partial charge in [0.25, 0.3) is 5.91 Å². The zero-order valence-electron chi connectivity index (χ0n) is 19.1. The molecule has 7 nitrogen and oxygen atoms in total. The predicted octanol–water partition coefficient (Wildman–Crippen LogP) is 4.16. The lowest BCUT2D eigenvalue weighted by molar-refractivity contribution is -0.137. The largest absolute Gasteiger partial charge is 0.494 e. The number of carbonyl (C=O) groups is 1. The number of amides is 1. The van der Waals surface area contributed by atoms with Crippen molar-refractivity contribution in [3.05, 3.63) is 53.6 Å². The van der Waals surface area contributed by atoms with Crippen LogP contribution in [0.4, 0.5) is 18.9 Å². The molecule has 1 saturated heterocycles. The van der Waals surface area contributed by atoms with Crippen LogP contribution in [0.15, 0.2) is 47.4 Å². The summed E-state index contributed by atoms with van der Waals surface area (Å²) >= 11 is 5.45. The number of rotatable bonds is 7.